The van der Waals surface area contributed by atoms with Gasteiger partial charge in [0.1, 0.15) is 29.0 Å². The van der Waals surface area contributed by atoms with Gasteiger partial charge in [-0.3, -0.25) is 29.0 Å². The van der Waals surface area contributed by atoms with E-state index in [9.17, 15) is 24.3 Å². The second-order valence-electron chi connectivity index (χ2n) is 21.4. The van der Waals surface area contributed by atoms with Gasteiger partial charge in [-0.15, -0.1) is 0 Å². The van der Waals surface area contributed by atoms with Gasteiger partial charge in [0.05, 0.1) is 22.8 Å². The maximum absolute atomic E-state index is 12.9. The van der Waals surface area contributed by atoms with Crippen molar-refractivity contribution in [1.82, 2.24) is 29.7 Å². The third kappa shape index (κ3) is 15.7. The summed E-state index contributed by atoms with van der Waals surface area (Å²) in [6.07, 6.45) is 0. The number of carbonyl (C=O) groups is 4. The number of nitrogens with zero attached hydrogens (tertiary/aromatic N) is 6. The second kappa shape index (κ2) is 21.5. The largest absolute Gasteiger partial charge is 0.507 e. The Labute approximate surface area is 401 Å². The van der Waals surface area contributed by atoms with Gasteiger partial charge in [0.2, 0.25) is 23.6 Å². The van der Waals surface area contributed by atoms with Crippen molar-refractivity contribution in [1.29, 1.82) is 0 Å². The fraction of sp³-hybridized carbons (Fsp3) is 0.423. The molecule has 0 saturated carbocycles. The van der Waals surface area contributed by atoms with Crippen molar-refractivity contribution in [2.75, 3.05) is 27.0 Å². The first kappa shape index (κ1) is 52.2. The molecule has 362 valence electrons. The van der Waals surface area contributed by atoms with Crippen molar-refractivity contribution in [3.63, 3.8) is 0 Å². The maximum Gasteiger partial charge on any atom is 0.230 e. The average Bonchev–Trinajstić information content (AvgIpc) is 3.21. The zero-order valence-corrected chi connectivity index (χ0v) is 41.7. The van der Waals surface area contributed by atoms with Gasteiger partial charge < -0.3 is 32.1 Å². The molecule has 0 aliphatic carbocycles. The molecule has 0 aliphatic heterocycles. The minimum atomic E-state index is -0.630. The number of anilines is 5. The number of aromatic nitrogens is 4. The minimum absolute atomic E-state index is 0.0331. The number of nitrogens with one attached hydrogen (secondary N) is 4. The first-order chi connectivity index (χ1) is 31.6. The van der Waals surface area contributed by atoms with Crippen molar-refractivity contribution in [3.8, 4) is 5.75 Å². The van der Waals surface area contributed by atoms with Crippen LogP contribution in [0, 0.1) is 21.7 Å². The van der Waals surface area contributed by atoms with E-state index >= 15 is 0 Å². The lowest BCUT2D eigenvalue weighted by Crippen LogP contribution is -2.29. The molecular formula is C52H69N11O5. The van der Waals surface area contributed by atoms with Gasteiger partial charge in [0.15, 0.2) is 0 Å². The van der Waals surface area contributed by atoms with E-state index in [-0.39, 0.29) is 68.6 Å². The summed E-state index contributed by atoms with van der Waals surface area (Å²) in [6, 6.07) is 25.2. The Balaban J connectivity index is 1.50. The van der Waals surface area contributed by atoms with Crippen LogP contribution in [0.1, 0.15) is 117 Å². The van der Waals surface area contributed by atoms with Crippen molar-refractivity contribution in [3.05, 3.63) is 119 Å². The molecule has 0 fully saturated rings. The predicted octanol–water partition coefficient (Wildman–Crippen LogP) is 8.90. The van der Waals surface area contributed by atoms with E-state index in [2.05, 4.69) is 21.3 Å². The lowest BCUT2D eigenvalue weighted by Gasteiger charge is -2.26. The number of phenols is 1. The number of hydrogen-bond acceptors (Lipinski definition) is 12. The topological polar surface area (TPSA) is 221 Å². The van der Waals surface area contributed by atoms with Crippen LogP contribution < -0.4 is 27.0 Å². The van der Waals surface area contributed by atoms with E-state index < -0.39 is 21.7 Å². The molecule has 68 heavy (non-hydrogen) atoms. The summed E-state index contributed by atoms with van der Waals surface area (Å²) in [4.78, 5) is 74.8. The number of carbonyl (C=O) groups excluding carboxylic acids is 4. The van der Waals surface area contributed by atoms with Crippen LogP contribution in [0.3, 0.4) is 0 Å². The summed E-state index contributed by atoms with van der Waals surface area (Å²) in [6.45, 7) is 23.6. The van der Waals surface area contributed by atoms with Crippen LogP contribution in [0.5, 0.6) is 5.75 Å². The molecule has 16 nitrogen and oxygen atoms in total. The van der Waals surface area contributed by atoms with Gasteiger partial charge in [-0.2, -0.15) is 0 Å². The average molecular weight is 928 g/mol. The molecule has 0 unspecified atom stereocenters. The van der Waals surface area contributed by atoms with E-state index in [0.29, 0.717) is 62.9 Å². The van der Waals surface area contributed by atoms with Crippen molar-refractivity contribution in [2.45, 2.75) is 122 Å². The third-order valence-electron chi connectivity index (χ3n) is 10.5. The molecule has 0 atom stereocenters. The Bertz CT molecular complexity index is 2280. The number of benzene rings is 1. The molecule has 0 bridgehead atoms. The number of amides is 4. The highest BCUT2D eigenvalue weighted by molar-refractivity contribution is 5.95. The molecule has 1 aromatic carbocycles. The first-order valence-corrected chi connectivity index (χ1v) is 22.8. The van der Waals surface area contributed by atoms with Crippen LogP contribution >= 0.6 is 0 Å². The quantitative estimate of drug-likeness (QED) is 0.0404. The van der Waals surface area contributed by atoms with Gasteiger partial charge in [-0.25, -0.2) is 19.9 Å². The number of nitrogens with two attached hydrogens (primary N) is 1. The second-order valence-corrected chi connectivity index (χ2v) is 21.4. The number of nitrogen functional groups attached to an aromatic ring is 1. The summed E-state index contributed by atoms with van der Waals surface area (Å²) in [7, 11) is 0. The first-order valence-electron chi connectivity index (χ1n) is 22.8. The van der Waals surface area contributed by atoms with Crippen LogP contribution in [-0.4, -0.2) is 58.5 Å². The van der Waals surface area contributed by atoms with E-state index in [4.69, 9.17) is 25.7 Å². The number of pyridine rings is 4. The van der Waals surface area contributed by atoms with E-state index in [1.807, 2.05) is 141 Å². The molecule has 4 aromatic heterocycles. The molecule has 4 heterocycles. The number of hydrogen-bond donors (Lipinski definition) is 6. The Hall–Kier alpha value is -6.78. The van der Waals surface area contributed by atoms with E-state index in [0.717, 1.165) is 0 Å². The fourth-order valence-electron chi connectivity index (χ4n) is 6.53. The molecule has 5 aromatic rings. The molecule has 0 aliphatic rings. The van der Waals surface area contributed by atoms with Gasteiger partial charge >= 0.3 is 0 Å². The van der Waals surface area contributed by atoms with Crippen molar-refractivity contribution < 1.29 is 24.3 Å². The van der Waals surface area contributed by atoms with Gasteiger partial charge in [0, 0.05) is 77.7 Å². The van der Waals surface area contributed by atoms with Crippen molar-refractivity contribution in [2.24, 2.45) is 21.7 Å². The Morgan fingerprint density at radius 1 is 0.441 bits per heavy atom. The molecular weight excluding hydrogens is 859 g/mol. The molecule has 7 N–H and O–H groups in total. The molecule has 0 saturated heterocycles. The molecule has 16 heteroatoms. The molecule has 0 radical (unpaired) electrons. The third-order valence-corrected chi connectivity index (χ3v) is 10.5. The van der Waals surface area contributed by atoms with E-state index in [1.54, 1.807) is 36.4 Å². The van der Waals surface area contributed by atoms with Crippen LogP contribution in [-0.2, 0) is 58.4 Å². The van der Waals surface area contributed by atoms with E-state index in [1.165, 1.54) is 0 Å². The van der Waals surface area contributed by atoms with Gasteiger partial charge in [-0.1, -0.05) is 107 Å². The Morgan fingerprint density at radius 3 is 0.897 bits per heavy atom. The van der Waals surface area contributed by atoms with Crippen molar-refractivity contribution >= 4 is 52.6 Å². The Morgan fingerprint density at radius 2 is 0.676 bits per heavy atom. The highest BCUT2D eigenvalue weighted by Crippen LogP contribution is 2.31. The summed E-state index contributed by atoms with van der Waals surface area (Å²) in [5.41, 5.74) is 8.27. The summed E-state index contributed by atoms with van der Waals surface area (Å²) in [5.74, 6) is 0.996. The van der Waals surface area contributed by atoms with Gasteiger partial charge in [-0.05, 0) is 60.7 Å². The van der Waals surface area contributed by atoms with Gasteiger partial charge in [0.25, 0.3) is 0 Å². The van der Waals surface area contributed by atoms with Crippen LogP contribution in [0.2, 0.25) is 0 Å². The smallest absolute Gasteiger partial charge is 0.230 e. The standard InChI is InChI=1S/C52H69N11O5/c1-49(2,3)45(65)58-40-21-13-17-36(54-40)29-62(30-37-18-14-22-41(55-37)59-46(66)50(4,5)6)27-33-25-35(53)26-34(44(33)64)28-63(31-38-19-15-23-42(56-38)60-47(67)51(7,8)9)32-39-20-16-24-43(57-39)61-48(68)52(10,11)12/h13-26,64H,27-32,53H2,1-12H3,(H,54,58,65)(H,55,59,66)(H,56,60,67)(H,57,61,68). The Kier molecular flexibility index (Phi) is 16.5. The van der Waals surface area contributed by atoms with Crippen LogP contribution in [0.15, 0.2) is 84.9 Å². The summed E-state index contributed by atoms with van der Waals surface area (Å²) < 4.78 is 0. The van der Waals surface area contributed by atoms with Crippen LogP contribution in [0.4, 0.5) is 29.0 Å². The highest BCUT2D eigenvalue weighted by Gasteiger charge is 2.26. The monoisotopic (exact) mass is 928 g/mol. The fourth-order valence-corrected chi connectivity index (χ4v) is 6.53. The zero-order chi connectivity index (χ0) is 50.2. The number of aromatic hydroxyl groups is 1. The highest BCUT2D eigenvalue weighted by atomic mass is 16.3. The lowest BCUT2D eigenvalue weighted by molar-refractivity contribution is -0.123. The SMILES string of the molecule is CC(C)(C)C(=O)Nc1cccc(CN(Cc2cccc(NC(=O)C(C)(C)C)n2)Cc2cc(N)cc(CN(Cc3cccc(NC(=O)C(C)(C)C)n3)Cc3cccc(NC(=O)C(C)(C)C)n3)c2O)n1. The normalized spacial score (nSPS) is 12.2. The summed E-state index contributed by atoms with van der Waals surface area (Å²) in [5, 5.41) is 23.9. The number of rotatable bonds is 16. The number of phenolic OH excluding ortho intramolecular Hbond substituents is 1. The minimum Gasteiger partial charge on any atom is -0.507 e. The maximum atomic E-state index is 12.9. The zero-order valence-electron chi connectivity index (χ0n) is 41.7. The van der Waals surface area contributed by atoms with Crippen LogP contribution in [0.25, 0.3) is 0 Å². The predicted molar refractivity (Wildman–Crippen MR) is 268 cm³/mol. The lowest BCUT2D eigenvalue weighted by atomic mass is 9.96. The molecule has 0 spiro atoms. The molecule has 4 amide bonds. The molecule has 5 rings (SSSR count). The summed E-state index contributed by atoms with van der Waals surface area (Å²) >= 11 is 0.